The van der Waals surface area contributed by atoms with E-state index in [0.717, 1.165) is 21.3 Å². The number of nitrogens with zero attached hydrogens (tertiary/aromatic N) is 1. The molecule has 0 aliphatic carbocycles. The largest absolute Gasteiger partial charge is 0.341 e. The molecule has 1 aromatic heterocycles. The van der Waals surface area contributed by atoms with Gasteiger partial charge in [0, 0.05) is 10.5 Å². The Morgan fingerprint density at radius 1 is 1.00 bits per heavy atom. The fraction of sp³-hybridized carbons (Fsp3) is 0.235. The van der Waals surface area contributed by atoms with Crippen LogP contribution in [0.15, 0.2) is 53.0 Å². The van der Waals surface area contributed by atoms with Crippen LogP contribution in [0.25, 0.3) is 11.0 Å². The van der Waals surface area contributed by atoms with Crippen molar-refractivity contribution in [3.05, 3.63) is 64.4 Å². The summed E-state index contributed by atoms with van der Waals surface area (Å²) in [6.45, 7) is 4.30. The number of aromatic amines is 1. The lowest BCUT2D eigenvalue weighted by Gasteiger charge is -2.19. The maximum absolute atomic E-state index is 4.65. The van der Waals surface area contributed by atoms with Crippen LogP contribution in [0.4, 0.5) is 0 Å². The molecule has 0 bridgehead atoms. The number of hydrogen-bond donors (Lipinski definition) is 2. The lowest BCUT2D eigenvalue weighted by atomic mass is 10.1. The van der Waals surface area contributed by atoms with Gasteiger partial charge in [0.15, 0.2) is 0 Å². The maximum Gasteiger partial charge on any atom is 0.124 e. The summed E-state index contributed by atoms with van der Waals surface area (Å²) < 4.78 is 1.10. The molecule has 2 N–H and O–H groups in total. The van der Waals surface area contributed by atoms with Crippen molar-refractivity contribution in [1.29, 1.82) is 0 Å². The van der Waals surface area contributed by atoms with E-state index < -0.39 is 0 Å². The Hall–Kier alpha value is -1.65. The van der Waals surface area contributed by atoms with E-state index in [1.54, 1.807) is 0 Å². The molecule has 2 atom stereocenters. The molecule has 4 heteroatoms. The summed E-state index contributed by atoms with van der Waals surface area (Å²) in [6.07, 6.45) is 0. The number of hydrogen-bond acceptors (Lipinski definition) is 2. The summed E-state index contributed by atoms with van der Waals surface area (Å²) in [6, 6.07) is 16.9. The number of halogens is 1. The van der Waals surface area contributed by atoms with Crippen LogP contribution in [0.5, 0.6) is 0 Å². The molecule has 0 aliphatic rings. The first-order chi connectivity index (χ1) is 10.1. The predicted octanol–water partition coefficient (Wildman–Crippen LogP) is 4.74. The molecule has 2 unspecified atom stereocenters. The fourth-order valence-corrected chi connectivity index (χ4v) is 2.74. The second-order valence-electron chi connectivity index (χ2n) is 5.30. The van der Waals surface area contributed by atoms with Gasteiger partial charge >= 0.3 is 0 Å². The molecule has 0 aliphatic heterocycles. The third-order valence-corrected chi connectivity index (χ3v) is 4.22. The Balaban J connectivity index is 1.75. The molecule has 21 heavy (non-hydrogen) atoms. The van der Waals surface area contributed by atoms with Crippen LogP contribution >= 0.6 is 15.9 Å². The summed E-state index contributed by atoms with van der Waals surface area (Å²) in [5.74, 6) is 0.972. The van der Waals surface area contributed by atoms with Gasteiger partial charge in [-0.25, -0.2) is 4.98 Å². The number of aromatic nitrogens is 2. The van der Waals surface area contributed by atoms with Crippen LogP contribution in [0, 0.1) is 0 Å². The molecule has 0 amide bonds. The quantitative estimate of drug-likeness (QED) is 0.718. The van der Waals surface area contributed by atoms with E-state index in [4.69, 9.17) is 0 Å². The lowest BCUT2D eigenvalue weighted by Crippen LogP contribution is -2.23. The second kappa shape index (κ2) is 6.00. The monoisotopic (exact) mass is 343 g/mol. The molecule has 0 radical (unpaired) electrons. The summed E-state index contributed by atoms with van der Waals surface area (Å²) in [7, 11) is 0. The average Bonchev–Trinajstić information content (AvgIpc) is 2.92. The Kier molecular flexibility index (Phi) is 4.08. The molecule has 2 aromatic carbocycles. The molecular formula is C17H18BrN3. The average molecular weight is 344 g/mol. The fourth-order valence-electron chi connectivity index (χ4n) is 2.48. The van der Waals surface area contributed by atoms with E-state index in [0.29, 0.717) is 0 Å². The smallest absolute Gasteiger partial charge is 0.124 e. The van der Waals surface area contributed by atoms with Crippen molar-refractivity contribution in [2.24, 2.45) is 0 Å². The molecule has 1 heterocycles. The highest BCUT2D eigenvalue weighted by atomic mass is 79.9. The third-order valence-electron chi connectivity index (χ3n) is 3.69. The SMILES string of the molecule is CC(NC(C)c1nc2ccccc2[nH]1)c1ccc(Br)cc1. The first-order valence-corrected chi connectivity index (χ1v) is 7.89. The molecule has 0 spiro atoms. The molecule has 108 valence electrons. The van der Waals surface area contributed by atoms with Gasteiger partial charge in [0.1, 0.15) is 5.82 Å². The predicted molar refractivity (Wildman–Crippen MR) is 90.2 cm³/mol. The Morgan fingerprint density at radius 3 is 2.43 bits per heavy atom. The molecule has 0 fully saturated rings. The van der Waals surface area contributed by atoms with Crippen molar-refractivity contribution < 1.29 is 0 Å². The maximum atomic E-state index is 4.65. The minimum absolute atomic E-state index is 0.163. The lowest BCUT2D eigenvalue weighted by molar-refractivity contribution is 0.480. The zero-order valence-electron chi connectivity index (χ0n) is 12.1. The van der Waals surface area contributed by atoms with Crippen LogP contribution < -0.4 is 5.32 Å². The van der Waals surface area contributed by atoms with E-state index in [2.05, 4.69) is 75.4 Å². The van der Waals surface area contributed by atoms with Crippen molar-refractivity contribution in [3.8, 4) is 0 Å². The zero-order valence-corrected chi connectivity index (χ0v) is 13.7. The Labute approximate surface area is 132 Å². The summed E-state index contributed by atoms with van der Waals surface area (Å²) in [5.41, 5.74) is 3.36. The van der Waals surface area contributed by atoms with E-state index >= 15 is 0 Å². The minimum Gasteiger partial charge on any atom is -0.341 e. The van der Waals surface area contributed by atoms with Gasteiger partial charge in [-0.2, -0.15) is 0 Å². The molecule has 0 saturated carbocycles. The van der Waals surface area contributed by atoms with Crippen molar-refractivity contribution in [3.63, 3.8) is 0 Å². The van der Waals surface area contributed by atoms with Gasteiger partial charge in [0.25, 0.3) is 0 Å². The van der Waals surface area contributed by atoms with Crippen LogP contribution in [-0.4, -0.2) is 9.97 Å². The van der Waals surface area contributed by atoms with Crippen molar-refractivity contribution >= 4 is 27.0 Å². The number of nitrogens with one attached hydrogen (secondary N) is 2. The third kappa shape index (κ3) is 3.17. The Bertz CT molecular complexity index is 700. The van der Waals surface area contributed by atoms with Gasteiger partial charge in [-0.05, 0) is 43.7 Å². The first-order valence-electron chi connectivity index (χ1n) is 7.09. The molecule has 3 aromatic rings. The van der Waals surface area contributed by atoms with E-state index in [-0.39, 0.29) is 12.1 Å². The highest BCUT2D eigenvalue weighted by Crippen LogP contribution is 2.21. The van der Waals surface area contributed by atoms with Gasteiger partial charge < -0.3 is 10.3 Å². The van der Waals surface area contributed by atoms with E-state index in [1.165, 1.54) is 5.56 Å². The van der Waals surface area contributed by atoms with Crippen LogP contribution in [0.1, 0.15) is 37.3 Å². The van der Waals surface area contributed by atoms with Crippen LogP contribution in [-0.2, 0) is 0 Å². The number of para-hydroxylation sites is 2. The normalized spacial score (nSPS) is 14.2. The highest BCUT2D eigenvalue weighted by molar-refractivity contribution is 9.10. The Morgan fingerprint density at radius 2 is 1.71 bits per heavy atom. The van der Waals surface area contributed by atoms with Gasteiger partial charge in [0.2, 0.25) is 0 Å². The number of H-pyrrole nitrogens is 1. The first kappa shape index (κ1) is 14.3. The second-order valence-corrected chi connectivity index (χ2v) is 6.22. The molecule has 0 saturated heterocycles. The van der Waals surface area contributed by atoms with Gasteiger partial charge in [-0.15, -0.1) is 0 Å². The molecule has 3 rings (SSSR count). The van der Waals surface area contributed by atoms with Gasteiger partial charge in [0.05, 0.1) is 17.1 Å². The van der Waals surface area contributed by atoms with Crippen molar-refractivity contribution in [1.82, 2.24) is 15.3 Å². The summed E-state index contributed by atoms with van der Waals surface area (Å²) in [5, 5.41) is 3.58. The van der Waals surface area contributed by atoms with Crippen molar-refractivity contribution in [2.45, 2.75) is 25.9 Å². The number of fused-ring (bicyclic) bond motifs is 1. The number of rotatable bonds is 4. The standard InChI is InChI=1S/C17H18BrN3/c1-11(13-7-9-14(18)10-8-13)19-12(2)17-20-15-5-3-4-6-16(15)21-17/h3-12,19H,1-2H3,(H,20,21). The summed E-state index contributed by atoms with van der Waals surface area (Å²) in [4.78, 5) is 8.03. The van der Waals surface area contributed by atoms with Crippen molar-refractivity contribution in [2.75, 3.05) is 0 Å². The van der Waals surface area contributed by atoms with E-state index in [1.807, 2.05) is 18.2 Å². The van der Waals surface area contributed by atoms with Crippen LogP contribution in [0.2, 0.25) is 0 Å². The topological polar surface area (TPSA) is 40.7 Å². The number of imidazole rings is 1. The van der Waals surface area contributed by atoms with Crippen LogP contribution in [0.3, 0.4) is 0 Å². The minimum atomic E-state index is 0.163. The summed E-state index contributed by atoms with van der Waals surface area (Å²) >= 11 is 3.47. The molecule has 3 nitrogen and oxygen atoms in total. The van der Waals surface area contributed by atoms with E-state index in [9.17, 15) is 0 Å². The zero-order chi connectivity index (χ0) is 14.8. The number of benzene rings is 2. The highest BCUT2D eigenvalue weighted by Gasteiger charge is 2.14. The van der Waals surface area contributed by atoms with Gasteiger partial charge in [-0.3, -0.25) is 0 Å². The molecular weight excluding hydrogens is 326 g/mol. The van der Waals surface area contributed by atoms with Gasteiger partial charge in [-0.1, -0.05) is 40.2 Å².